The smallest absolute Gasteiger partial charge is 0.230 e. The van der Waals surface area contributed by atoms with Crippen LogP contribution >= 0.6 is 34.7 Å². The lowest BCUT2D eigenvalue weighted by molar-refractivity contribution is -0.115. The van der Waals surface area contributed by atoms with Crippen LogP contribution in [0.1, 0.15) is 23.7 Å². The van der Waals surface area contributed by atoms with Crippen molar-refractivity contribution in [1.82, 2.24) is 14.5 Å². The maximum atomic E-state index is 12.5. The summed E-state index contributed by atoms with van der Waals surface area (Å²) in [6.45, 7) is 10.0. The number of halogens is 1. The van der Waals surface area contributed by atoms with E-state index >= 15 is 0 Å². The number of allylic oxidation sites excluding steroid dienone is 1. The summed E-state index contributed by atoms with van der Waals surface area (Å²) < 4.78 is 2.15. The number of amides is 1. The molecule has 164 valence electrons. The Bertz CT molecular complexity index is 1290. The van der Waals surface area contributed by atoms with Crippen molar-refractivity contribution in [2.45, 2.75) is 38.2 Å². The fourth-order valence-electron chi connectivity index (χ4n) is 3.65. The highest BCUT2D eigenvalue weighted by Gasteiger charge is 2.23. The Labute approximate surface area is 200 Å². The summed E-state index contributed by atoms with van der Waals surface area (Å²) in [6, 6.07) is 12.0. The van der Waals surface area contributed by atoms with Crippen molar-refractivity contribution in [3.63, 3.8) is 0 Å². The molecule has 0 unspecified atom stereocenters. The van der Waals surface area contributed by atoms with E-state index in [2.05, 4.69) is 17.2 Å². The van der Waals surface area contributed by atoms with Crippen LogP contribution in [0.2, 0.25) is 5.02 Å². The van der Waals surface area contributed by atoms with Crippen molar-refractivity contribution in [2.75, 3.05) is 4.90 Å². The number of para-hydroxylation sites is 2. The van der Waals surface area contributed by atoms with Gasteiger partial charge < -0.3 is 4.57 Å². The van der Waals surface area contributed by atoms with Gasteiger partial charge in [-0.05, 0) is 43.2 Å². The molecule has 1 amide bonds. The van der Waals surface area contributed by atoms with Gasteiger partial charge in [-0.1, -0.05) is 47.6 Å². The number of carbonyl (C=O) groups is 1. The van der Waals surface area contributed by atoms with Gasteiger partial charge in [-0.15, -0.1) is 17.9 Å². The number of nitrogens with zero attached hydrogens (tertiary/aromatic N) is 4. The number of hydrogen-bond donors (Lipinski definition) is 0. The number of anilines is 2. The van der Waals surface area contributed by atoms with Crippen molar-refractivity contribution < 1.29 is 4.79 Å². The molecule has 5 nitrogen and oxygen atoms in total. The number of rotatable bonds is 7. The lowest BCUT2D eigenvalue weighted by Crippen LogP contribution is -2.24. The average Bonchev–Trinajstić information content (AvgIpc) is 3.34. The van der Waals surface area contributed by atoms with E-state index < -0.39 is 0 Å². The lowest BCUT2D eigenvalue weighted by Gasteiger charge is -2.22. The van der Waals surface area contributed by atoms with E-state index in [0.717, 1.165) is 33.0 Å². The highest BCUT2D eigenvalue weighted by molar-refractivity contribution is 7.98. The number of benzene rings is 2. The molecule has 8 heteroatoms. The van der Waals surface area contributed by atoms with Gasteiger partial charge in [0, 0.05) is 24.6 Å². The Kier molecular flexibility index (Phi) is 6.69. The summed E-state index contributed by atoms with van der Waals surface area (Å²) in [5, 5.41) is 4.06. The third kappa shape index (κ3) is 4.46. The minimum absolute atomic E-state index is 0.125. The summed E-state index contributed by atoms with van der Waals surface area (Å²) in [4.78, 5) is 23.7. The quantitative estimate of drug-likeness (QED) is 0.212. The van der Waals surface area contributed by atoms with Crippen LogP contribution in [0.4, 0.5) is 10.8 Å². The van der Waals surface area contributed by atoms with E-state index in [1.807, 2.05) is 55.6 Å². The van der Waals surface area contributed by atoms with Crippen molar-refractivity contribution in [3.8, 4) is 0 Å². The molecule has 0 saturated heterocycles. The zero-order valence-corrected chi connectivity index (χ0v) is 20.5. The second-order valence-electron chi connectivity index (χ2n) is 7.46. The molecule has 0 N–H and O–H groups in total. The monoisotopic (exact) mass is 482 g/mol. The van der Waals surface area contributed by atoms with Crippen LogP contribution in [0.5, 0.6) is 0 Å². The fraction of sp³-hybridized carbons (Fsp3) is 0.208. The first kappa shape index (κ1) is 22.6. The maximum absolute atomic E-state index is 12.5. The van der Waals surface area contributed by atoms with Gasteiger partial charge in [0.2, 0.25) is 5.91 Å². The Morgan fingerprint density at radius 3 is 2.78 bits per heavy atom. The molecule has 0 fully saturated rings. The number of carbonyl (C=O) groups excluding carboxylic acids is 1. The van der Waals surface area contributed by atoms with Crippen molar-refractivity contribution in [2.24, 2.45) is 0 Å². The van der Waals surface area contributed by atoms with Gasteiger partial charge in [-0.25, -0.2) is 9.97 Å². The van der Waals surface area contributed by atoms with Gasteiger partial charge in [0.1, 0.15) is 0 Å². The summed E-state index contributed by atoms with van der Waals surface area (Å²) in [5.41, 5.74) is 5.61. The summed E-state index contributed by atoms with van der Waals surface area (Å²) in [7, 11) is 0. The number of thiazole rings is 1. The van der Waals surface area contributed by atoms with Crippen LogP contribution in [0, 0.1) is 13.8 Å². The van der Waals surface area contributed by atoms with E-state index in [4.69, 9.17) is 21.6 Å². The highest BCUT2D eigenvalue weighted by Crippen LogP contribution is 2.38. The first-order chi connectivity index (χ1) is 15.4. The molecular formula is C24H23ClN4OS2. The van der Waals surface area contributed by atoms with Gasteiger partial charge >= 0.3 is 0 Å². The molecule has 4 rings (SSSR count). The second-order valence-corrected chi connectivity index (χ2v) is 9.65. The molecule has 2 aromatic carbocycles. The molecule has 0 spiro atoms. The Balaban J connectivity index is 1.60. The first-order valence-electron chi connectivity index (χ1n) is 10.1. The predicted octanol–water partition coefficient (Wildman–Crippen LogP) is 6.93. The summed E-state index contributed by atoms with van der Waals surface area (Å²) in [6.07, 6.45) is 1.87. The predicted molar refractivity (Wildman–Crippen MR) is 135 cm³/mol. The molecule has 0 aliphatic rings. The van der Waals surface area contributed by atoms with Crippen molar-refractivity contribution in [1.29, 1.82) is 0 Å². The van der Waals surface area contributed by atoms with E-state index in [1.54, 1.807) is 16.7 Å². The SMILES string of the molecule is C=CCn1c(SCc2csc(N(C(C)=O)c3c(C)cc(C)cc3Cl)n2)nc2ccccc21. The van der Waals surface area contributed by atoms with E-state index in [9.17, 15) is 4.79 Å². The van der Waals surface area contributed by atoms with Gasteiger partial charge in [-0.3, -0.25) is 9.69 Å². The molecule has 0 bridgehead atoms. The molecule has 0 atom stereocenters. The molecule has 0 aliphatic carbocycles. The highest BCUT2D eigenvalue weighted by atomic mass is 35.5. The van der Waals surface area contributed by atoms with E-state index in [0.29, 0.717) is 28.1 Å². The average molecular weight is 483 g/mol. The Hall–Kier alpha value is -2.61. The molecule has 0 radical (unpaired) electrons. The van der Waals surface area contributed by atoms with Gasteiger partial charge in [0.25, 0.3) is 0 Å². The van der Waals surface area contributed by atoms with Gasteiger partial charge in [0.15, 0.2) is 10.3 Å². The number of fused-ring (bicyclic) bond motifs is 1. The van der Waals surface area contributed by atoms with Crippen LogP contribution < -0.4 is 4.90 Å². The topological polar surface area (TPSA) is 51.0 Å². The lowest BCUT2D eigenvalue weighted by atomic mass is 10.1. The molecule has 2 aromatic heterocycles. The zero-order chi connectivity index (χ0) is 22.8. The summed E-state index contributed by atoms with van der Waals surface area (Å²) >= 11 is 9.57. The number of aromatic nitrogens is 3. The van der Waals surface area contributed by atoms with Crippen LogP contribution in [0.15, 0.2) is 59.6 Å². The second kappa shape index (κ2) is 9.48. The van der Waals surface area contributed by atoms with Crippen molar-refractivity contribution >= 4 is 62.5 Å². The number of imidazole rings is 1. The normalized spacial score (nSPS) is 11.1. The third-order valence-corrected chi connectivity index (χ3v) is 7.12. The van der Waals surface area contributed by atoms with Crippen LogP contribution in [-0.4, -0.2) is 20.4 Å². The van der Waals surface area contributed by atoms with Gasteiger partial charge in [0.05, 0.1) is 27.4 Å². The van der Waals surface area contributed by atoms with Crippen LogP contribution in [0.25, 0.3) is 11.0 Å². The molecule has 32 heavy (non-hydrogen) atoms. The van der Waals surface area contributed by atoms with Crippen LogP contribution in [-0.2, 0) is 17.1 Å². The largest absolute Gasteiger partial charge is 0.315 e. The standard InChI is InChI=1S/C24H23ClN4OS2/c1-5-10-28-21-9-7-6-8-20(21)27-23(28)31-13-18-14-32-24(26-18)29(17(4)30)22-16(3)11-15(2)12-19(22)25/h5-9,11-12,14H,1,10,13H2,2-4H3. The molecule has 2 heterocycles. The van der Waals surface area contributed by atoms with E-state index in [-0.39, 0.29) is 5.91 Å². The van der Waals surface area contributed by atoms with Gasteiger partial charge in [-0.2, -0.15) is 0 Å². The minimum Gasteiger partial charge on any atom is -0.315 e. The van der Waals surface area contributed by atoms with Crippen molar-refractivity contribution in [3.05, 3.63) is 76.3 Å². The maximum Gasteiger partial charge on any atom is 0.230 e. The Morgan fingerprint density at radius 2 is 2.06 bits per heavy atom. The molecular weight excluding hydrogens is 460 g/mol. The van der Waals surface area contributed by atoms with Crippen LogP contribution in [0.3, 0.4) is 0 Å². The molecule has 0 aliphatic heterocycles. The number of aryl methyl sites for hydroxylation is 2. The van der Waals surface area contributed by atoms with E-state index in [1.165, 1.54) is 18.3 Å². The third-order valence-electron chi connectivity index (χ3n) is 4.95. The molecule has 4 aromatic rings. The fourth-order valence-corrected chi connectivity index (χ4v) is 5.95. The molecule has 0 saturated carbocycles. The number of hydrogen-bond acceptors (Lipinski definition) is 5. The number of thioether (sulfide) groups is 1. The minimum atomic E-state index is -0.125. The zero-order valence-electron chi connectivity index (χ0n) is 18.1. The first-order valence-corrected chi connectivity index (χ1v) is 12.3. The Morgan fingerprint density at radius 1 is 1.28 bits per heavy atom. The summed E-state index contributed by atoms with van der Waals surface area (Å²) in [5.74, 6) is 0.517.